The number of halogens is 1. The molecule has 0 saturated heterocycles. The summed E-state index contributed by atoms with van der Waals surface area (Å²) in [5.41, 5.74) is 1.13. The van der Waals surface area contributed by atoms with Crippen LogP contribution in [-0.2, 0) is 16.0 Å². The molecule has 0 fully saturated rings. The first-order valence-corrected chi connectivity index (χ1v) is 5.42. The Morgan fingerprint density at radius 1 is 1.25 bits per heavy atom. The molecular weight excluding hydrogens is 226 g/mol. The van der Waals surface area contributed by atoms with Crippen LogP contribution in [0.5, 0.6) is 0 Å². The van der Waals surface area contributed by atoms with Crippen LogP contribution in [0.1, 0.15) is 0 Å². The molecule has 0 bridgehead atoms. The number of methoxy groups -OCH3 is 2. The van der Waals surface area contributed by atoms with Gasteiger partial charge < -0.3 is 14.0 Å². The Kier molecular flexibility index (Phi) is 3.49. The molecule has 0 N–H and O–H groups in total. The van der Waals surface area contributed by atoms with Gasteiger partial charge in [-0.25, -0.2) is 0 Å². The van der Waals surface area contributed by atoms with Crippen molar-refractivity contribution in [2.75, 3.05) is 14.2 Å². The quantitative estimate of drug-likeness (QED) is 0.766. The van der Waals surface area contributed by atoms with Crippen LogP contribution in [0, 0.1) is 0 Å². The Labute approximate surface area is 99.5 Å². The monoisotopic (exact) mass is 239 g/mol. The Morgan fingerprint density at radius 3 is 2.69 bits per heavy atom. The second-order valence-electron chi connectivity index (χ2n) is 3.57. The van der Waals surface area contributed by atoms with E-state index in [-0.39, 0.29) is 6.29 Å². The molecule has 0 spiro atoms. The predicted octanol–water partition coefficient (Wildman–Crippen LogP) is 2.91. The van der Waals surface area contributed by atoms with Crippen LogP contribution in [0.3, 0.4) is 0 Å². The van der Waals surface area contributed by atoms with E-state index in [9.17, 15) is 0 Å². The Bertz CT molecular complexity index is 477. The van der Waals surface area contributed by atoms with Crippen LogP contribution in [0.2, 0.25) is 5.02 Å². The zero-order valence-electron chi connectivity index (χ0n) is 9.31. The molecule has 0 aliphatic carbocycles. The number of hydrogen-bond donors (Lipinski definition) is 0. The largest absolute Gasteiger partial charge is 0.354 e. The molecule has 1 aromatic heterocycles. The first kappa shape index (κ1) is 11.5. The summed E-state index contributed by atoms with van der Waals surface area (Å²) in [7, 11) is 3.27. The second-order valence-corrected chi connectivity index (χ2v) is 4.01. The van der Waals surface area contributed by atoms with Crippen molar-refractivity contribution < 1.29 is 9.47 Å². The molecule has 0 unspecified atom stereocenters. The Morgan fingerprint density at radius 2 is 2.00 bits per heavy atom. The van der Waals surface area contributed by atoms with E-state index >= 15 is 0 Å². The van der Waals surface area contributed by atoms with Gasteiger partial charge in [-0.2, -0.15) is 0 Å². The summed E-state index contributed by atoms with van der Waals surface area (Å²) in [6.45, 7) is 0.665. The summed E-state index contributed by atoms with van der Waals surface area (Å²) in [4.78, 5) is 0. The summed E-state index contributed by atoms with van der Waals surface area (Å²) in [5, 5.41) is 1.87. The Hall–Kier alpha value is -1.03. The van der Waals surface area contributed by atoms with E-state index in [0.29, 0.717) is 6.54 Å². The van der Waals surface area contributed by atoms with Gasteiger partial charge in [-0.05, 0) is 24.3 Å². The normalized spacial score (nSPS) is 11.5. The summed E-state index contributed by atoms with van der Waals surface area (Å²) in [6, 6.07) is 7.86. The smallest absolute Gasteiger partial charge is 0.174 e. The standard InChI is InChI=1S/C12H14ClNO2/c1-15-12(16-2)8-14-6-5-9-7-10(13)3-4-11(9)14/h3-7,12H,8H2,1-2H3. The SMILES string of the molecule is COC(Cn1ccc2cc(Cl)ccc21)OC. The second kappa shape index (κ2) is 4.87. The van der Waals surface area contributed by atoms with Gasteiger partial charge in [0.2, 0.25) is 0 Å². The van der Waals surface area contributed by atoms with Crippen LogP contribution in [0.4, 0.5) is 0 Å². The van der Waals surface area contributed by atoms with Crippen molar-refractivity contribution in [1.29, 1.82) is 0 Å². The van der Waals surface area contributed by atoms with Crippen molar-refractivity contribution in [1.82, 2.24) is 4.57 Å². The fourth-order valence-electron chi connectivity index (χ4n) is 1.74. The zero-order chi connectivity index (χ0) is 11.5. The molecule has 86 valence electrons. The third-order valence-corrected chi connectivity index (χ3v) is 2.84. The van der Waals surface area contributed by atoms with E-state index in [1.54, 1.807) is 14.2 Å². The molecule has 0 aliphatic rings. The average Bonchev–Trinajstić information content (AvgIpc) is 2.68. The topological polar surface area (TPSA) is 23.4 Å². The van der Waals surface area contributed by atoms with Gasteiger partial charge in [0.05, 0.1) is 6.54 Å². The average molecular weight is 240 g/mol. The first-order valence-electron chi connectivity index (χ1n) is 5.04. The lowest BCUT2D eigenvalue weighted by Crippen LogP contribution is -2.19. The molecule has 0 atom stereocenters. The minimum Gasteiger partial charge on any atom is -0.354 e. The van der Waals surface area contributed by atoms with E-state index in [4.69, 9.17) is 21.1 Å². The molecule has 0 saturated carbocycles. The molecule has 2 rings (SSSR count). The van der Waals surface area contributed by atoms with E-state index < -0.39 is 0 Å². The van der Waals surface area contributed by atoms with E-state index in [1.165, 1.54) is 0 Å². The molecule has 2 aromatic rings. The van der Waals surface area contributed by atoms with Gasteiger partial charge in [0, 0.05) is 36.3 Å². The van der Waals surface area contributed by atoms with Crippen LogP contribution in [0.15, 0.2) is 30.5 Å². The van der Waals surface area contributed by atoms with Gasteiger partial charge in [-0.3, -0.25) is 0 Å². The number of nitrogens with zero attached hydrogens (tertiary/aromatic N) is 1. The maximum atomic E-state index is 5.93. The molecular formula is C12H14ClNO2. The molecule has 0 aliphatic heterocycles. The van der Waals surface area contributed by atoms with Crippen LogP contribution in [-0.4, -0.2) is 25.1 Å². The minimum atomic E-state index is -0.230. The van der Waals surface area contributed by atoms with Crippen LogP contribution in [0.25, 0.3) is 10.9 Å². The number of benzene rings is 1. The first-order chi connectivity index (χ1) is 7.74. The fourth-order valence-corrected chi connectivity index (χ4v) is 1.92. The van der Waals surface area contributed by atoms with Crippen molar-refractivity contribution in [2.45, 2.75) is 12.8 Å². The van der Waals surface area contributed by atoms with Gasteiger partial charge in [-0.1, -0.05) is 11.6 Å². The van der Waals surface area contributed by atoms with E-state index in [0.717, 1.165) is 15.9 Å². The van der Waals surface area contributed by atoms with Gasteiger partial charge in [-0.15, -0.1) is 0 Å². The Balaban J connectivity index is 2.31. The minimum absolute atomic E-state index is 0.230. The maximum Gasteiger partial charge on any atom is 0.174 e. The molecule has 4 heteroatoms. The fraction of sp³-hybridized carbons (Fsp3) is 0.333. The van der Waals surface area contributed by atoms with Crippen molar-refractivity contribution in [3.63, 3.8) is 0 Å². The van der Waals surface area contributed by atoms with Gasteiger partial charge in [0.1, 0.15) is 0 Å². The highest BCUT2D eigenvalue weighted by Gasteiger charge is 2.08. The number of rotatable bonds is 4. The molecule has 0 radical (unpaired) electrons. The van der Waals surface area contributed by atoms with Crippen LogP contribution < -0.4 is 0 Å². The lowest BCUT2D eigenvalue weighted by atomic mass is 10.2. The molecule has 1 aromatic carbocycles. The number of fused-ring (bicyclic) bond motifs is 1. The summed E-state index contributed by atoms with van der Waals surface area (Å²) in [6.07, 6.45) is 1.78. The van der Waals surface area contributed by atoms with Crippen molar-refractivity contribution in [3.05, 3.63) is 35.5 Å². The summed E-state index contributed by atoms with van der Waals surface area (Å²) < 4.78 is 12.4. The highest BCUT2D eigenvalue weighted by Crippen LogP contribution is 2.20. The summed E-state index contributed by atoms with van der Waals surface area (Å²) in [5.74, 6) is 0. The predicted molar refractivity (Wildman–Crippen MR) is 64.8 cm³/mol. The number of hydrogen-bond acceptors (Lipinski definition) is 2. The van der Waals surface area contributed by atoms with Gasteiger partial charge >= 0.3 is 0 Å². The van der Waals surface area contributed by atoms with Crippen LogP contribution >= 0.6 is 11.6 Å². The number of aromatic nitrogens is 1. The molecule has 3 nitrogen and oxygen atoms in total. The third kappa shape index (κ3) is 2.21. The highest BCUT2D eigenvalue weighted by atomic mass is 35.5. The van der Waals surface area contributed by atoms with E-state index in [1.807, 2.05) is 30.5 Å². The molecule has 0 amide bonds. The number of ether oxygens (including phenoxy) is 2. The summed E-state index contributed by atoms with van der Waals surface area (Å²) >= 11 is 5.93. The maximum absolute atomic E-state index is 5.93. The van der Waals surface area contributed by atoms with Crippen molar-refractivity contribution >= 4 is 22.5 Å². The van der Waals surface area contributed by atoms with E-state index in [2.05, 4.69) is 4.57 Å². The molecule has 1 heterocycles. The third-order valence-electron chi connectivity index (χ3n) is 2.60. The zero-order valence-corrected chi connectivity index (χ0v) is 10.1. The van der Waals surface area contributed by atoms with Crippen molar-refractivity contribution in [2.24, 2.45) is 0 Å². The molecule has 16 heavy (non-hydrogen) atoms. The lowest BCUT2D eigenvalue weighted by Gasteiger charge is -2.14. The van der Waals surface area contributed by atoms with Crippen molar-refractivity contribution in [3.8, 4) is 0 Å². The highest BCUT2D eigenvalue weighted by molar-refractivity contribution is 6.31. The van der Waals surface area contributed by atoms with Gasteiger partial charge in [0.15, 0.2) is 6.29 Å². The lowest BCUT2D eigenvalue weighted by molar-refractivity contribution is -0.110. The van der Waals surface area contributed by atoms with Gasteiger partial charge in [0.25, 0.3) is 0 Å².